The van der Waals surface area contributed by atoms with Crippen LogP contribution in [0, 0.1) is 11.8 Å². The van der Waals surface area contributed by atoms with Crippen LogP contribution in [0.5, 0.6) is 5.75 Å². The molecule has 2 aliphatic heterocycles. The first kappa shape index (κ1) is 27.1. The van der Waals surface area contributed by atoms with Gasteiger partial charge < -0.3 is 19.9 Å². The molecule has 4 rings (SSSR count). The van der Waals surface area contributed by atoms with Gasteiger partial charge in [-0.05, 0) is 82.2 Å². The van der Waals surface area contributed by atoms with Crippen molar-refractivity contribution >= 4 is 11.7 Å². The van der Waals surface area contributed by atoms with Crippen molar-refractivity contribution in [1.29, 1.82) is 0 Å². The van der Waals surface area contributed by atoms with Crippen LogP contribution in [-0.4, -0.2) is 86.5 Å². The number of piperidine rings is 1. The molecule has 0 spiro atoms. The van der Waals surface area contributed by atoms with Gasteiger partial charge in [-0.25, -0.2) is 0 Å². The number of Topliss-reactive ketones (excluding diaryl/α,β-unsaturated/α-hetero) is 1. The van der Waals surface area contributed by atoms with Gasteiger partial charge in [0.2, 0.25) is 5.91 Å². The van der Waals surface area contributed by atoms with Gasteiger partial charge in [-0.2, -0.15) is 0 Å². The molecule has 2 N–H and O–H groups in total. The van der Waals surface area contributed by atoms with Gasteiger partial charge in [0.1, 0.15) is 5.75 Å². The molecule has 2 unspecified atom stereocenters. The summed E-state index contributed by atoms with van der Waals surface area (Å²) >= 11 is 0. The predicted octanol–water partition coefficient (Wildman–Crippen LogP) is 2.88. The van der Waals surface area contributed by atoms with Gasteiger partial charge in [0, 0.05) is 25.7 Å². The largest absolute Gasteiger partial charge is 0.497 e. The summed E-state index contributed by atoms with van der Waals surface area (Å²) in [5.41, 5.74) is 1.32. The number of benzene rings is 1. The Morgan fingerprint density at radius 2 is 1.78 bits per heavy atom. The minimum Gasteiger partial charge on any atom is -0.497 e. The van der Waals surface area contributed by atoms with Crippen molar-refractivity contribution in [1.82, 2.24) is 20.4 Å². The fourth-order valence-corrected chi connectivity index (χ4v) is 6.39. The molecule has 3 aliphatic rings. The van der Waals surface area contributed by atoms with Gasteiger partial charge in [-0.15, -0.1) is 0 Å². The van der Waals surface area contributed by atoms with E-state index in [1.807, 2.05) is 19.1 Å². The van der Waals surface area contributed by atoms with E-state index in [0.717, 1.165) is 64.0 Å². The molecule has 7 nitrogen and oxygen atoms in total. The zero-order valence-electron chi connectivity index (χ0n) is 22.5. The smallest absolute Gasteiger partial charge is 0.240 e. The number of amides is 1. The van der Waals surface area contributed by atoms with E-state index in [-0.39, 0.29) is 30.3 Å². The molecular weight excluding hydrogens is 452 g/mol. The highest BCUT2D eigenvalue weighted by molar-refractivity contribution is 5.87. The normalized spacial score (nSPS) is 24.8. The number of carbonyl (C=O) groups excluding carboxylic acids is 2. The summed E-state index contributed by atoms with van der Waals surface area (Å²) in [6, 6.07) is 8.20. The van der Waals surface area contributed by atoms with E-state index >= 15 is 0 Å². The number of ketones is 1. The number of ether oxygens (including phenoxy) is 1. The van der Waals surface area contributed by atoms with E-state index in [1.54, 1.807) is 14.2 Å². The number of nitrogens with one attached hydrogen (secondary N) is 2. The Hall–Kier alpha value is -1.96. The van der Waals surface area contributed by atoms with Gasteiger partial charge in [0.25, 0.3) is 0 Å². The lowest BCUT2D eigenvalue weighted by Gasteiger charge is -2.41. The average Bonchev–Trinajstić information content (AvgIpc) is 3.35. The highest BCUT2D eigenvalue weighted by atomic mass is 16.5. The maximum absolute atomic E-state index is 14.0. The van der Waals surface area contributed by atoms with Crippen LogP contribution in [0.1, 0.15) is 57.4 Å². The van der Waals surface area contributed by atoms with Crippen molar-refractivity contribution in [3.63, 3.8) is 0 Å². The van der Waals surface area contributed by atoms with Crippen LogP contribution in [0.4, 0.5) is 0 Å². The number of methoxy groups -OCH3 is 1. The zero-order valence-corrected chi connectivity index (χ0v) is 22.5. The quantitative estimate of drug-likeness (QED) is 0.489. The number of fused-ring (bicyclic) bond motifs is 1. The van der Waals surface area contributed by atoms with Crippen LogP contribution >= 0.6 is 0 Å². The highest BCUT2D eigenvalue weighted by Crippen LogP contribution is 2.34. The molecule has 1 aromatic carbocycles. The molecule has 1 aliphatic carbocycles. The van der Waals surface area contributed by atoms with Crippen molar-refractivity contribution in [2.45, 2.75) is 76.4 Å². The summed E-state index contributed by atoms with van der Waals surface area (Å²) in [5.74, 6) is 2.17. The summed E-state index contributed by atoms with van der Waals surface area (Å²) < 4.78 is 5.28. The second-order valence-corrected chi connectivity index (χ2v) is 11.1. The Morgan fingerprint density at radius 3 is 2.47 bits per heavy atom. The maximum Gasteiger partial charge on any atom is 0.240 e. The third kappa shape index (κ3) is 6.67. The number of hydrogen-bond acceptors (Lipinski definition) is 6. The third-order valence-corrected chi connectivity index (χ3v) is 8.90. The van der Waals surface area contributed by atoms with E-state index in [1.165, 1.54) is 24.8 Å². The summed E-state index contributed by atoms with van der Waals surface area (Å²) in [4.78, 5) is 31.3. The standard InChI is InChI=1S/C29H46N4O3/c1-21(30-2)27(34)19-31-28(24-7-5-4-6-8-24)29(35)33-18-15-23-14-17-32(20-26(23)33)16-13-22-9-11-25(36-3)12-10-22/h9-12,21,23-24,26,28,30-31H,4-8,13-20H2,1-3H3/t21-,23?,26?,28-/m0/s1. The van der Waals surface area contributed by atoms with E-state index in [4.69, 9.17) is 4.74 Å². The lowest BCUT2D eigenvalue weighted by atomic mass is 9.83. The number of likely N-dealkylation sites (tertiary alicyclic amines) is 2. The average molecular weight is 499 g/mol. The molecule has 0 radical (unpaired) electrons. The van der Waals surface area contributed by atoms with Crippen LogP contribution in [0.3, 0.4) is 0 Å². The SMILES string of the molecule is CN[C@@H](C)C(=O)CN[C@H](C(=O)N1CCC2CCN(CCc3ccc(OC)cc3)CC21)C1CCCCC1. The second kappa shape index (κ2) is 13.0. The van der Waals surface area contributed by atoms with Crippen LogP contribution < -0.4 is 15.4 Å². The molecule has 1 amide bonds. The molecule has 4 atom stereocenters. The molecular formula is C29H46N4O3. The van der Waals surface area contributed by atoms with Crippen molar-refractivity contribution in [2.24, 2.45) is 11.8 Å². The first-order chi connectivity index (χ1) is 17.5. The Kier molecular flexibility index (Phi) is 9.80. The Labute approximate surface area is 217 Å². The van der Waals surface area contributed by atoms with E-state index in [2.05, 4.69) is 32.6 Å². The molecule has 2 heterocycles. The van der Waals surface area contributed by atoms with Crippen LogP contribution in [0.25, 0.3) is 0 Å². The lowest BCUT2D eigenvalue weighted by molar-refractivity contribution is -0.137. The highest BCUT2D eigenvalue weighted by Gasteiger charge is 2.43. The van der Waals surface area contributed by atoms with E-state index < -0.39 is 0 Å². The van der Waals surface area contributed by atoms with Crippen LogP contribution in [0.15, 0.2) is 24.3 Å². The van der Waals surface area contributed by atoms with Crippen molar-refractivity contribution < 1.29 is 14.3 Å². The topological polar surface area (TPSA) is 73.9 Å². The van der Waals surface area contributed by atoms with Gasteiger partial charge in [-0.1, -0.05) is 31.4 Å². The molecule has 200 valence electrons. The number of rotatable bonds is 11. The lowest BCUT2D eigenvalue weighted by Crippen LogP contribution is -2.57. The summed E-state index contributed by atoms with van der Waals surface area (Å²) in [7, 11) is 3.50. The Balaban J connectivity index is 1.38. The van der Waals surface area contributed by atoms with E-state index in [9.17, 15) is 9.59 Å². The van der Waals surface area contributed by atoms with Gasteiger partial charge in [-0.3, -0.25) is 14.9 Å². The first-order valence-corrected chi connectivity index (χ1v) is 14.1. The molecule has 7 heteroatoms. The molecule has 3 fully saturated rings. The van der Waals surface area contributed by atoms with Crippen LogP contribution in [-0.2, 0) is 16.0 Å². The Morgan fingerprint density at radius 1 is 1.06 bits per heavy atom. The minimum absolute atomic E-state index is 0.118. The van der Waals surface area contributed by atoms with Gasteiger partial charge >= 0.3 is 0 Å². The number of hydrogen-bond donors (Lipinski definition) is 2. The molecule has 2 saturated heterocycles. The first-order valence-electron chi connectivity index (χ1n) is 14.1. The monoisotopic (exact) mass is 498 g/mol. The fourth-order valence-electron chi connectivity index (χ4n) is 6.39. The molecule has 0 aromatic heterocycles. The van der Waals surface area contributed by atoms with E-state index in [0.29, 0.717) is 17.9 Å². The number of likely N-dealkylation sites (N-methyl/N-ethyl adjacent to an activating group) is 1. The maximum atomic E-state index is 14.0. The molecule has 36 heavy (non-hydrogen) atoms. The molecule has 1 saturated carbocycles. The van der Waals surface area contributed by atoms with Gasteiger partial charge in [0.05, 0.1) is 25.7 Å². The zero-order chi connectivity index (χ0) is 25.5. The van der Waals surface area contributed by atoms with Crippen molar-refractivity contribution in [3.05, 3.63) is 29.8 Å². The summed E-state index contributed by atoms with van der Waals surface area (Å²) in [6.07, 6.45) is 9.05. The number of carbonyl (C=O) groups is 2. The Bertz CT molecular complexity index is 855. The predicted molar refractivity (Wildman–Crippen MR) is 143 cm³/mol. The van der Waals surface area contributed by atoms with Gasteiger partial charge in [0.15, 0.2) is 5.78 Å². The summed E-state index contributed by atoms with van der Waals surface area (Å²) in [5, 5.41) is 6.47. The van der Waals surface area contributed by atoms with Crippen molar-refractivity contribution in [2.75, 3.05) is 46.9 Å². The number of nitrogens with zero attached hydrogens (tertiary/aromatic N) is 2. The van der Waals surface area contributed by atoms with Crippen molar-refractivity contribution in [3.8, 4) is 5.75 Å². The fraction of sp³-hybridized carbons (Fsp3) is 0.724. The molecule has 1 aromatic rings. The second-order valence-electron chi connectivity index (χ2n) is 11.1. The van der Waals surface area contributed by atoms with Crippen LogP contribution in [0.2, 0.25) is 0 Å². The minimum atomic E-state index is -0.244. The molecule has 0 bridgehead atoms. The summed E-state index contributed by atoms with van der Waals surface area (Å²) in [6.45, 7) is 6.07. The third-order valence-electron chi connectivity index (χ3n) is 8.90.